The first kappa shape index (κ1) is 12.8. The van der Waals surface area contributed by atoms with Crippen molar-refractivity contribution in [2.45, 2.75) is 11.4 Å². The van der Waals surface area contributed by atoms with Crippen LogP contribution in [0, 0.1) is 0 Å². The van der Waals surface area contributed by atoms with E-state index in [1.54, 1.807) is 6.20 Å². The number of nitrogens with one attached hydrogen (secondary N) is 2. The molecule has 96 valence electrons. The monoisotopic (exact) mass is 287 g/mol. The van der Waals surface area contributed by atoms with Crippen molar-refractivity contribution < 1.29 is 8.42 Å². The van der Waals surface area contributed by atoms with Gasteiger partial charge in [-0.25, -0.2) is 18.1 Å². The molecule has 0 saturated carbocycles. The van der Waals surface area contributed by atoms with Gasteiger partial charge < -0.3 is 5.73 Å². The zero-order valence-corrected chi connectivity index (χ0v) is 10.7. The van der Waals surface area contributed by atoms with Gasteiger partial charge in [-0.3, -0.25) is 5.10 Å². The van der Waals surface area contributed by atoms with Crippen LogP contribution in [0.5, 0.6) is 0 Å². The van der Waals surface area contributed by atoms with Crippen molar-refractivity contribution in [3.8, 4) is 0 Å². The van der Waals surface area contributed by atoms with E-state index in [-0.39, 0.29) is 22.3 Å². The first-order valence-corrected chi connectivity index (χ1v) is 6.73. The summed E-state index contributed by atoms with van der Waals surface area (Å²) in [4.78, 5) is 3.66. The Balaban J connectivity index is 2.17. The van der Waals surface area contributed by atoms with Gasteiger partial charge in [0.2, 0.25) is 10.0 Å². The number of nitrogens with two attached hydrogens (primary N) is 1. The van der Waals surface area contributed by atoms with Crippen LogP contribution in [0.2, 0.25) is 5.02 Å². The Hall–Kier alpha value is -1.64. The molecule has 4 N–H and O–H groups in total. The molecule has 0 bridgehead atoms. The minimum absolute atomic E-state index is 0.0369. The largest absolute Gasteiger partial charge is 0.382 e. The van der Waals surface area contributed by atoms with Crippen LogP contribution in [-0.4, -0.2) is 23.6 Å². The summed E-state index contributed by atoms with van der Waals surface area (Å²) in [6, 6.07) is 1.25. The third-order valence-corrected chi connectivity index (χ3v) is 3.85. The summed E-state index contributed by atoms with van der Waals surface area (Å²) < 4.78 is 26.2. The highest BCUT2D eigenvalue weighted by molar-refractivity contribution is 7.89. The minimum Gasteiger partial charge on any atom is -0.382 e. The van der Waals surface area contributed by atoms with E-state index in [2.05, 4.69) is 19.9 Å². The highest BCUT2D eigenvalue weighted by Crippen LogP contribution is 2.19. The van der Waals surface area contributed by atoms with E-state index >= 15 is 0 Å². The Morgan fingerprint density at radius 2 is 2.22 bits per heavy atom. The molecule has 0 amide bonds. The smallest absolute Gasteiger partial charge is 0.242 e. The first-order chi connectivity index (χ1) is 8.49. The molecule has 7 nitrogen and oxygen atoms in total. The molecule has 0 saturated heterocycles. The number of hydrogen-bond acceptors (Lipinski definition) is 5. The molecule has 0 aliphatic rings. The van der Waals surface area contributed by atoms with E-state index in [1.807, 2.05) is 0 Å². The second-order valence-corrected chi connectivity index (χ2v) is 5.64. The number of aromatic nitrogens is 3. The maximum atomic E-state index is 11.9. The third kappa shape index (κ3) is 2.78. The van der Waals surface area contributed by atoms with Gasteiger partial charge in [0, 0.05) is 24.5 Å². The van der Waals surface area contributed by atoms with Gasteiger partial charge in [0.25, 0.3) is 0 Å². The standard InChI is InChI=1S/C9H10ClN5O2S/c10-8-1-7(5-12-9(8)11)18(16,17)15-4-6-2-13-14-3-6/h1-3,5,15H,4H2,(H2,11,12)(H,13,14). The number of aromatic amines is 1. The van der Waals surface area contributed by atoms with Crippen LogP contribution in [0.3, 0.4) is 0 Å². The third-order valence-electron chi connectivity index (χ3n) is 2.18. The van der Waals surface area contributed by atoms with E-state index in [9.17, 15) is 8.42 Å². The summed E-state index contributed by atoms with van der Waals surface area (Å²) in [6.07, 6.45) is 4.27. The van der Waals surface area contributed by atoms with Gasteiger partial charge in [0.15, 0.2) is 0 Å². The van der Waals surface area contributed by atoms with E-state index in [4.69, 9.17) is 17.3 Å². The summed E-state index contributed by atoms with van der Waals surface area (Å²) >= 11 is 5.72. The van der Waals surface area contributed by atoms with Gasteiger partial charge in [-0.15, -0.1) is 0 Å². The number of nitrogen functional groups attached to an aromatic ring is 1. The SMILES string of the molecule is Nc1ncc(S(=O)(=O)NCc2cn[nH]c2)cc1Cl. The number of rotatable bonds is 4. The molecule has 9 heteroatoms. The zero-order valence-electron chi connectivity index (χ0n) is 9.09. The summed E-state index contributed by atoms with van der Waals surface area (Å²) in [5.41, 5.74) is 6.13. The molecular formula is C9H10ClN5O2S. The molecule has 0 fully saturated rings. The van der Waals surface area contributed by atoms with Crippen LogP contribution in [0.1, 0.15) is 5.56 Å². The topological polar surface area (TPSA) is 114 Å². The first-order valence-electron chi connectivity index (χ1n) is 4.87. The number of halogens is 1. The Kier molecular flexibility index (Phi) is 3.50. The molecule has 0 aliphatic carbocycles. The predicted molar refractivity (Wildman–Crippen MR) is 66.3 cm³/mol. The Morgan fingerprint density at radius 1 is 1.44 bits per heavy atom. The maximum Gasteiger partial charge on any atom is 0.242 e. The van der Waals surface area contributed by atoms with Crippen LogP contribution in [-0.2, 0) is 16.6 Å². The van der Waals surface area contributed by atoms with E-state index in [0.29, 0.717) is 5.56 Å². The molecular weight excluding hydrogens is 278 g/mol. The molecule has 0 atom stereocenters. The minimum atomic E-state index is -3.67. The van der Waals surface area contributed by atoms with Crippen LogP contribution >= 0.6 is 11.6 Å². The van der Waals surface area contributed by atoms with Crippen molar-refractivity contribution in [1.29, 1.82) is 0 Å². The fourth-order valence-electron chi connectivity index (χ4n) is 1.21. The molecule has 0 unspecified atom stereocenters. The van der Waals surface area contributed by atoms with Crippen molar-refractivity contribution in [1.82, 2.24) is 19.9 Å². The fraction of sp³-hybridized carbons (Fsp3) is 0.111. The number of pyridine rings is 1. The van der Waals surface area contributed by atoms with E-state index in [0.717, 1.165) is 6.20 Å². The van der Waals surface area contributed by atoms with Crippen LogP contribution in [0.15, 0.2) is 29.6 Å². The van der Waals surface area contributed by atoms with Crippen LogP contribution in [0.25, 0.3) is 0 Å². The lowest BCUT2D eigenvalue weighted by molar-refractivity contribution is 0.581. The summed E-state index contributed by atoms with van der Waals surface area (Å²) in [5, 5.41) is 6.40. The summed E-state index contributed by atoms with van der Waals surface area (Å²) in [7, 11) is -3.67. The highest BCUT2D eigenvalue weighted by Gasteiger charge is 2.15. The second kappa shape index (κ2) is 4.92. The normalized spacial score (nSPS) is 11.6. The lowest BCUT2D eigenvalue weighted by Crippen LogP contribution is -2.23. The molecule has 2 aromatic rings. The second-order valence-electron chi connectivity index (χ2n) is 3.47. The van der Waals surface area contributed by atoms with Gasteiger partial charge in [0.05, 0.1) is 11.2 Å². The van der Waals surface area contributed by atoms with E-state index < -0.39 is 10.0 Å². The molecule has 2 aromatic heterocycles. The predicted octanol–water partition coefficient (Wildman–Crippen LogP) is 0.519. The lowest BCUT2D eigenvalue weighted by atomic mass is 10.4. The van der Waals surface area contributed by atoms with Gasteiger partial charge in [-0.1, -0.05) is 11.6 Å². The number of H-pyrrole nitrogens is 1. The molecule has 0 radical (unpaired) electrons. The molecule has 2 heterocycles. The van der Waals surface area contributed by atoms with Gasteiger partial charge in [-0.05, 0) is 6.07 Å². The zero-order chi connectivity index (χ0) is 13.2. The number of anilines is 1. The maximum absolute atomic E-state index is 11.9. The van der Waals surface area contributed by atoms with Crippen molar-refractivity contribution >= 4 is 27.4 Å². The number of hydrogen-bond donors (Lipinski definition) is 3. The number of sulfonamides is 1. The molecule has 0 aromatic carbocycles. The lowest BCUT2D eigenvalue weighted by Gasteiger charge is -2.06. The van der Waals surface area contributed by atoms with E-state index in [1.165, 1.54) is 12.3 Å². The quantitative estimate of drug-likeness (QED) is 0.758. The fourth-order valence-corrected chi connectivity index (χ4v) is 2.43. The van der Waals surface area contributed by atoms with Gasteiger partial charge >= 0.3 is 0 Å². The van der Waals surface area contributed by atoms with Gasteiger partial charge in [0.1, 0.15) is 10.7 Å². The summed E-state index contributed by atoms with van der Waals surface area (Å²) in [6.45, 7) is 0.126. The number of nitrogens with zero attached hydrogens (tertiary/aromatic N) is 2. The van der Waals surface area contributed by atoms with Crippen molar-refractivity contribution in [3.05, 3.63) is 35.2 Å². The molecule has 0 aliphatic heterocycles. The highest BCUT2D eigenvalue weighted by atomic mass is 35.5. The Bertz CT molecular complexity index is 641. The van der Waals surface area contributed by atoms with Crippen molar-refractivity contribution in [2.75, 3.05) is 5.73 Å². The van der Waals surface area contributed by atoms with Crippen LogP contribution < -0.4 is 10.5 Å². The average molecular weight is 288 g/mol. The average Bonchev–Trinajstić information content (AvgIpc) is 2.83. The summed E-state index contributed by atoms with van der Waals surface area (Å²) in [5.74, 6) is 0.0884. The van der Waals surface area contributed by atoms with Gasteiger partial charge in [-0.2, -0.15) is 5.10 Å². The molecule has 2 rings (SSSR count). The van der Waals surface area contributed by atoms with Crippen molar-refractivity contribution in [3.63, 3.8) is 0 Å². The molecule has 0 spiro atoms. The van der Waals surface area contributed by atoms with Crippen molar-refractivity contribution in [2.24, 2.45) is 0 Å². The Morgan fingerprint density at radius 3 is 2.83 bits per heavy atom. The Labute approximate surface area is 108 Å². The van der Waals surface area contributed by atoms with Crippen LogP contribution in [0.4, 0.5) is 5.82 Å². The molecule has 18 heavy (non-hydrogen) atoms.